The van der Waals surface area contributed by atoms with Gasteiger partial charge in [0.15, 0.2) is 5.65 Å². The smallest absolute Gasteiger partial charge is 0.253 e. The molecule has 1 fully saturated rings. The minimum Gasteiger partial charge on any atom is -0.348 e. The lowest BCUT2D eigenvalue weighted by Crippen LogP contribution is -2.23. The molecule has 24 heavy (non-hydrogen) atoms. The highest BCUT2D eigenvalue weighted by Crippen LogP contribution is 2.32. The first kappa shape index (κ1) is 15.1. The average Bonchev–Trinajstić information content (AvgIpc) is 3.33. The SMILES string of the molecule is O=C(NCc1ccc(Cl)cc1)c1ccc2nnc(CC3CC3)n2c1. The Kier molecular flexibility index (Phi) is 3.94. The van der Waals surface area contributed by atoms with Crippen LogP contribution in [0.15, 0.2) is 42.6 Å². The van der Waals surface area contributed by atoms with Crippen molar-refractivity contribution in [3.63, 3.8) is 0 Å². The zero-order chi connectivity index (χ0) is 16.5. The van der Waals surface area contributed by atoms with Crippen LogP contribution in [0.5, 0.6) is 0 Å². The number of hydrogen-bond acceptors (Lipinski definition) is 3. The van der Waals surface area contributed by atoms with Crippen molar-refractivity contribution in [3.05, 3.63) is 64.6 Å². The van der Waals surface area contributed by atoms with E-state index in [9.17, 15) is 4.79 Å². The van der Waals surface area contributed by atoms with Crippen molar-refractivity contribution in [3.8, 4) is 0 Å². The van der Waals surface area contributed by atoms with Gasteiger partial charge >= 0.3 is 0 Å². The van der Waals surface area contributed by atoms with Gasteiger partial charge in [0.05, 0.1) is 5.56 Å². The number of carbonyl (C=O) groups excluding carboxylic acids is 1. The first-order chi connectivity index (χ1) is 11.7. The third-order valence-corrected chi connectivity index (χ3v) is 4.52. The molecular formula is C18H17ClN4O. The van der Waals surface area contributed by atoms with Crippen LogP contribution in [0.2, 0.25) is 5.02 Å². The predicted octanol–water partition coefficient (Wildman–Crippen LogP) is 3.27. The second-order valence-electron chi connectivity index (χ2n) is 6.22. The topological polar surface area (TPSA) is 59.3 Å². The van der Waals surface area contributed by atoms with Crippen molar-refractivity contribution in [2.75, 3.05) is 0 Å². The molecule has 4 rings (SSSR count). The quantitative estimate of drug-likeness (QED) is 0.775. The molecule has 2 heterocycles. The van der Waals surface area contributed by atoms with Gasteiger partial charge in [0, 0.05) is 24.2 Å². The number of aromatic nitrogens is 3. The Morgan fingerprint density at radius 1 is 1.17 bits per heavy atom. The van der Waals surface area contributed by atoms with Crippen molar-refractivity contribution >= 4 is 23.2 Å². The lowest BCUT2D eigenvalue weighted by molar-refractivity contribution is 0.0950. The summed E-state index contributed by atoms with van der Waals surface area (Å²) in [6.45, 7) is 0.463. The standard InChI is InChI=1S/C18H17ClN4O/c19-15-6-3-13(4-7-15)10-20-18(24)14-5-8-16-21-22-17(23(16)11-14)9-12-1-2-12/h3-8,11-12H,1-2,9-10H2,(H,20,24). The van der Waals surface area contributed by atoms with Gasteiger partial charge in [-0.3, -0.25) is 9.20 Å². The molecule has 0 radical (unpaired) electrons. The summed E-state index contributed by atoms with van der Waals surface area (Å²) in [6.07, 6.45) is 5.27. The number of pyridine rings is 1. The van der Waals surface area contributed by atoms with Crippen molar-refractivity contribution in [2.45, 2.75) is 25.8 Å². The highest BCUT2D eigenvalue weighted by molar-refractivity contribution is 6.30. The van der Waals surface area contributed by atoms with Crippen LogP contribution in [-0.4, -0.2) is 20.5 Å². The number of halogens is 1. The highest BCUT2D eigenvalue weighted by Gasteiger charge is 2.24. The molecule has 2 aromatic heterocycles. The zero-order valence-corrected chi connectivity index (χ0v) is 13.8. The van der Waals surface area contributed by atoms with Crippen molar-refractivity contribution in [1.29, 1.82) is 0 Å². The maximum absolute atomic E-state index is 12.4. The molecule has 0 spiro atoms. The highest BCUT2D eigenvalue weighted by atomic mass is 35.5. The molecule has 0 saturated heterocycles. The van der Waals surface area contributed by atoms with E-state index in [4.69, 9.17) is 11.6 Å². The minimum atomic E-state index is -0.113. The Labute approximate surface area is 144 Å². The summed E-state index contributed by atoms with van der Waals surface area (Å²) in [5.41, 5.74) is 2.39. The van der Waals surface area contributed by atoms with Crippen LogP contribution in [0.25, 0.3) is 5.65 Å². The largest absolute Gasteiger partial charge is 0.348 e. The lowest BCUT2D eigenvalue weighted by Gasteiger charge is -2.07. The van der Waals surface area contributed by atoms with Crippen LogP contribution in [-0.2, 0) is 13.0 Å². The van der Waals surface area contributed by atoms with Gasteiger partial charge in [0.25, 0.3) is 5.91 Å². The molecule has 1 aliphatic rings. The van der Waals surface area contributed by atoms with Crippen LogP contribution in [0.4, 0.5) is 0 Å². The molecule has 6 heteroatoms. The summed E-state index contributed by atoms with van der Waals surface area (Å²) in [5, 5.41) is 12.0. The average molecular weight is 341 g/mol. The maximum atomic E-state index is 12.4. The molecule has 1 aromatic carbocycles. The Bertz CT molecular complexity index is 884. The van der Waals surface area contributed by atoms with Gasteiger partial charge in [-0.05, 0) is 48.6 Å². The predicted molar refractivity (Wildman–Crippen MR) is 92.0 cm³/mol. The number of hydrogen-bond donors (Lipinski definition) is 1. The fraction of sp³-hybridized carbons (Fsp3) is 0.278. The molecule has 1 aliphatic carbocycles. The number of fused-ring (bicyclic) bond motifs is 1. The summed E-state index contributed by atoms with van der Waals surface area (Å²) >= 11 is 5.87. The molecule has 122 valence electrons. The molecule has 1 N–H and O–H groups in total. The fourth-order valence-corrected chi connectivity index (χ4v) is 2.80. The molecule has 0 atom stereocenters. The number of nitrogens with zero attached hydrogens (tertiary/aromatic N) is 3. The third-order valence-electron chi connectivity index (χ3n) is 4.27. The number of benzene rings is 1. The summed E-state index contributed by atoms with van der Waals surface area (Å²) in [4.78, 5) is 12.4. The van der Waals surface area contributed by atoms with E-state index in [1.165, 1.54) is 12.8 Å². The Morgan fingerprint density at radius 3 is 2.71 bits per heavy atom. The van der Waals surface area contributed by atoms with Gasteiger partial charge in [0.1, 0.15) is 5.82 Å². The first-order valence-electron chi connectivity index (χ1n) is 8.05. The van der Waals surface area contributed by atoms with E-state index in [-0.39, 0.29) is 5.91 Å². The molecule has 3 aromatic rings. The summed E-state index contributed by atoms with van der Waals surface area (Å²) in [7, 11) is 0. The van der Waals surface area contributed by atoms with Crippen molar-refractivity contribution in [2.24, 2.45) is 5.92 Å². The van der Waals surface area contributed by atoms with Gasteiger partial charge in [0.2, 0.25) is 0 Å². The van der Waals surface area contributed by atoms with Crippen LogP contribution in [0.3, 0.4) is 0 Å². The molecular weight excluding hydrogens is 324 g/mol. The van der Waals surface area contributed by atoms with E-state index in [1.54, 1.807) is 6.07 Å². The number of nitrogens with one attached hydrogen (secondary N) is 1. The number of carbonyl (C=O) groups is 1. The number of amides is 1. The Hall–Kier alpha value is -2.40. The van der Waals surface area contributed by atoms with Crippen molar-refractivity contribution in [1.82, 2.24) is 19.9 Å². The van der Waals surface area contributed by atoms with Gasteiger partial charge < -0.3 is 5.32 Å². The maximum Gasteiger partial charge on any atom is 0.253 e. The summed E-state index contributed by atoms with van der Waals surface area (Å²) in [6, 6.07) is 11.0. The molecule has 0 bridgehead atoms. The molecule has 1 saturated carbocycles. The first-order valence-corrected chi connectivity index (χ1v) is 8.43. The van der Waals surface area contributed by atoms with E-state index in [2.05, 4.69) is 15.5 Å². The van der Waals surface area contributed by atoms with E-state index >= 15 is 0 Å². The van der Waals surface area contributed by atoms with Crippen LogP contribution in [0.1, 0.15) is 34.6 Å². The van der Waals surface area contributed by atoms with E-state index in [1.807, 2.05) is 40.9 Å². The van der Waals surface area contributed by atoms with E-state index in [0.29, 0.717) is 17.1 Å². The molecule has 5 nitrogen and oxygen atoms in total. The minimum absolute atomic E-state index is 0.113. The van der Waals surface area contributed by atoms with Crippen LogP contribution >= 0.6 is 11.6 Å². The Balaban J connectivity index is 1.49. The lowest BCUT2D eigenvalue weighted by atomic mass is 10.2. The number of rotatable bonds is 5. The van der Waals surface area contributed by atoms with Crippen LogP contribution < -0.4 is 5.32 Å². The van der Waals surface area contributed by atoms with Crippen molar-refractivity contribution < 1.29 is 4.79 Å². The van der Waals surface area contributed by atoms with Gasteiger partial charge in [-0.2, -0.15) is 0 Å². The monoisotopic (exact) mass is 340 g/mol. The third kappa shape index (κ3) is 3.26. The second kappa shape index (κ2) is 6.24. The summed E-state index contributed by atoms with van der Waals surface area (Å²) in [5.74, 6) is 1.54. The summed E-state index contributed by atoms with van der Waals surface area (Å²) < 4.78 is 1.93. The molecule has 0 aliphatic heterocycles. The molecule has 0 unspecified atom stereocenters. The molecule has 1 amide bonds. The normalized spacial score (nSPS) is 14.0. The van der Waals surface area contributed by atoms with Gasteiger partial charge in [-0.1, -0.05) is 23.7 Å². The zero-order valence-electron chi connectivity index (χ0n) is 13.1. The van der Waals surface area contributed by atoms with Crippen LogP contribution in [0, 0.1) is 5.92 Å². The van der Waals surface area contributed by atoms with Gasteiger partial charge in [-0.15, -0.1) is 10.2 Å². The van der Waals surface area contributed by atoms with E-state index < -0.39 is 0 Å². The van der Waals surface area contributed by atoms with E-state index in [0.717, 1.165) is 29.4 Å². The Morgan fingerprint density at radius 2 is 1.96 bits per heavy atom. The second-order valence-corrected chi connectivity index (χ2v) is 6.66. The fourth-order valence-electron chi connectivity index (χ4n) is 2.68. The van der Waals surface area contributed by atoms with Gasteiger partial charge in [-0.25, -0.2) is 0 Å².